The summed E-state index contributed by atoms with van der Waals surface area (Å²) in [6, 6.07) is 9.04. The molecule has 2 aliphatic carbocycles. The third-order valence-electron chi connectivity index (χ3n) is 6.36. The predicted molar refractivity (Wildman–Crippen MR) is 116 cm³/mol. The van der Waals surface area contributed by atoms with Crippen LogP contribution in [0.25, 0.3) is 6.08 Å². The molecule has 1 aromatic carbocycles. The molecule has 0 nitrogen and oxygen atoms in total. The van der Waals surface area contributed by atoms with Crippen molar-refractivity contribution in [2.45, 2.75) is 48.3 Å². The van der Waals surface area contributed by atoms with E-state index in [1.165, 1.54) is 16.7 Å². The minimum absolute atomic E-state index is 0.293. The van der Waals surface area contributed by atoms with Crippen LogP contribution < -0.4 is 0 Å². The van der Waals surface area contributed by atoms with Crippen LogP contribution in [0.2, 0.25) is 3.12 Å². The van der Waals surface area contributed by atoms with E-state index in [-0.39, 0.29) is 0 Å². The molecular formula is C20H24I2Zr. The van der Waals surface area contributed by atoms with E-state index in [9.17, 15) is 0 Å². The number of benzene rings is 1. The molecule has 0 saturated heterocycles. The second-order valence-electron chi connectivity index (χ2n) is 7.20. The standard InChI is InChI=1S/C10H9.C10H15.2HI.Zr/c1-8-6-9-4-2-3-5-10(9)7-8;1-6-7(2)9(4)10(5)8(6)3;;;/h2-7H,1H3;1-5H3;2*1H;/q;;;;+2/p-2. The zero-order valence-electron chi connectivity index (χ0n) is 14.7. The Bertz CT molecular complexity index is 757. The molecule has 0 amide bonds. The molecule has 23 heavy (non-hydrogen) atoms. The zero-order chi connectivity index (χ0) is 17.2. The molecule has 0 N–H and O–H groups in total. The fourth-order valence-electron chi connectivity index (χ4n) is 4.34. The first-order valence-corrected chi connectivity index (χ1v) is 25.4. The molecule has 2 aliphatic rings. The first kappa shape index (κ1) is 18.6. The second kappa shape index (κ2) is 6.19. The van der Waals surface area contributed by atoms with Crippen LogP contribution in [0.3, 0.4) is 0 Å². The van der Waals surface area contributed by atoms with Gasteiger partial charge in [0.05, 0.1) is 0 Å². The fraction of sp³-hybridized carbons (Fsp3) is 0.400. The van der Waals surface area contributed by atoms with Gasteiger partial charge in [0, 0.05) is 0 Å². The Kier molecular flexibility index (Phi) is 5.00. The van der Waals surface area contributed by atoms with Gasteiger partial charge in [-0.1, -0.05) is 0 Å². The summed E-state index contributed by atoms with van der Waals surface area (Å²) in [4.78, 5) is 0. The molecular weight excluding hydrogens is 585 g/mol. The van der Waals surface area contributed by atoms with Crippen molar-refractivity contribution in [3.63, 3.8) is 0 Å². The van der Waals surface area contributed by atoms with Gasteiger partial charge in [-0.3, -0.25) is 0 Å². The van der Waals surface area contributed by atoms with Gasteiger partial charge in [0.2, 0.25) is 0 Å². The SMILES string of the molecule is CC1=Cc2ccccc2[CH]1[Zr]([I])([I])[C]1(C)C(C)=C(C)C(C)=C1C. The monoisotopic (exact) mass is 608 g/mol. The number of halogens is 2. The van der Waals surface area contributed by atoms with Gasteiger partial charge in [-0.2, -0.15) is 0 Å². The van der Waals surface area contributed by atoms with Crippen LogP contribution in [0.15, 0.2) is 52.1 Å². The van der Waals surface area contributed by atoms with Gasteiger partial charge in [0.15, 0.2) is 0 Å². The summed E-state index contributed by atoms with van der Waals surface area (Å²) in [5.41, 5.74) is 10.9. The second-order valence-corrected chi connectivity index (χ2v) is 46.5. The van der Waals surface area contributed by atoms with E-state index in [4.69, 9.17) is 0 Å². The van der Waals surface area contributed by atoms with Crippen molar-refractivity contribution < 1.29 is 11.9 Å². The number of allylic oxidation sites excluding steroid dienone is 5. The van der Waals surface area contributed by atoms with Crippen LogP contribution in [-0.4, -0.2) is 0 Å². The van der Waals surface area contributed by atoms with Gasteiger partial charge >= 0.3 is 166 Å². The van der Waals surface area contributed by atoms with E-state index in [0.29, 0.717) is 6.75 Å². The Balaban J connectivity index is 2.19. The molecule has 1 unspecified atom stereocenters. The number of hydrogen-bond acceptors (Lipinski definition) is 0. The molecule has 1 atom stereocenters. The van der Waals surface area contributed by atoms with Crippen LogP contribution in [0, 0.1) is 0 Å². The van der Waals surface area contributed by atoms with E-state index in [2.05, 4.69) is 108 Å². The molecule has 3 rings (SSSR count). The van der Waals surface area contributed by atoms with Crippen molar-refractivity contribution in [1.29, 1.82) is 0 Å². The summed E-state index contributed by atoms with van der Waals surface area (Å²) in [5, 5.41) is 0. The summed E-state index contributed by atoms with van der Waals surface area (Å²) in [5.74, 6) is 0. The molecule has 122 valence electrons. The Morgan fingerprint density at radius 3 is 2.00 bits per heavy atom. The van der Waals surface area contributed by atoms with Crippen LogP contribution >= 0.6 is 36.1 Å². The Morgan fingerprint density at radius 2 is 1.43 bits per heavy atom. The number of hydrogen-bond donors (Lipinski definition) is 0. The normalized spacial score (nSPS) is 23.5. The Morgan fingerprint density at radius 1 is 0.913 bits per heavy atom. The first-order valence-electron chi connectivity index (χ1n) is 8.15. The van der Waals surface area contributed by atoms with Crippen molar-refractivity contribution in [1.82, 2.24) is 0 Å². The Labute approximate surface area is 163 Å². The average Bonchev–Trinajstić information content (AvgIpc) is 2.92. The van der Waals surface area contributed by atoms with Gasteiger partial charge in [0.1, 0.15) is 0 Å². The Hall–Kier alpha value is 0.783. The molecule has 1 aromatic rings. The van der Waals surface area contributed by atoms with Crippen LogP contribution in [0.5, 0.6) is 0 Å². The molecule has 0 heterocycles. The molecule has 0 saturated carbocycles. The molecule has 0 radical (unpaired) electrons. The van der Waals surface area contributed by atoms with E-state index >= 15 is 0 Å². The zero-order valence-corrected chi connectivity index (χ0v) is 21.5. The van der Waals surface area contributed by atoms with Gasteiger partial charge < -0.3 is 0 Å². The van der Waals surface area contributed by atoms with Crippen molar-refractivity contribution in [3.05, 3.63) is 63.3 Å². The van der Waals surface area contributed by atoms with Gasteiger partial charge in [0.25, 0.3) is 0 Å². The quantitative estimate of drug-likeness (QED) is 0.300. The van der Waals surface area contributed by atoms with Crippen molar-refractivity contribution >= 4 is 42.2 Å². The van der Waals surface area contributed by atoms with Crippen molar-refractivity contribution in [3.8, 4) is 0 Å². The summed E-state index contributed by atoms with van der Waals surface area (Å²) in [6.45, 7) is 14.3. The summed E-state index contributed by atoms with van der Waals surface area (Å²) in [6.07, 6.45) is 2.43. The van der Waals surface area contributed by atoms with Crippen molar-refractivity contribution in [2.75, 3.05) is 0 Å². The predicted octanol–water partition coefficient (Wildman–Crippen LogP) is 7.86. The maximum atomic E-state index is 2.95. The topological polar surface area (TPSA) is 0 Å². The summed E-state index contributed by atoms with van der Waals surface area (Å²) >= 11 is 3.24. The van der Waals surface area contributed by atoms with Crippen LogP contribution in [-0.2, 0) is 11.9 Å². The molecule has 0 fully saturated rings. The van der Waals surface area contributed by atoms with E-state index in [1.54, 1.807) is 22.3 Å². The molecule has 0 bridgehead atoms. The third-order valence-corrected chi connectivity index (χ3v) is 35.3. The average molecular weight is 609 g/mol. The third kappa shape index (κ3) is 2.50. The van der Waals surface area contributed by atoms with E-state index in [1.807, 2.05) is 0 Å². The summed E-state index contributed by atoms with van der Waals surface area (Å²) in [7, 11) is 0. The fourth-order valence-corrected chi connectivity index (χ4v) is 31.7. The number of rotatable bonds is 2. The molecule has 3 heteroatoms. The molecule has 0 aromatic heterocycles. The van der Waals surface area contributed by atoms with E-state index < -0.39 is 11.9 Å². The minimum atomic E-state index is -2.65. The van der Waals surface area contributed by atoms with Crippen LogP contribution in [0.1, 0.15) is 56.3 Å². The maximum absolute atomic E-state index is 2.95. The number of fused-ring (bicyclic) bond motifs is 1. The van der Waals surface area contributed by atoms with Crippen molar-refractivity contribution in [2.24, 2.45) is 0 Å². The van der Waals surface area contributed by atoms with Gasteiger partial charge in [-0.05, 0) is 0 Å². The van der Waals surface area contributed by atoms with E-state index in [0.717, 1.165) is 0 Å². The van der Waals surface area contributed by atoms with Gasteiger partial charge in [-0.15, -0.1) is 0 Å². The van der Waals surface area contributed by atoms with Crippen LogP contribution in [0.4, 0.5) is 0 Å². The molecule has 0 spiro atoms. The molecule has 0 aliphatic heterocycles. The summed E-state index contributed by atoms with van der Waals surface area (Å²) < 4.78 is 0.955. The van der Waals surface area contributed by atoms with Gasteiger partial charge in [-0.25, -0.2) is 0 Å². The first-order chi connectivity index (χ1) is 10.6.